The highest BCUT2D eigenvalue weighted by atomic mass is 35.5. The highest BCUT2D eigenvalue weighted by molar-refractivity contribution is 7.07. The normalized spacial score (nSPS) is 14.9. The largest absolute Gasteiger partial charge is 0.497 e. The van der Waals surface area contributed by atoms with Gasteiger partial charge in [0, 0.05) is 17.3 Å². The van der Waals surface area contributed by atoms with Gasteiger partial charge in [-0.05, 0) is 61.0 Å². The second kappa shape index (κ2) is 11.5. The maximum Gasteiger partial charge on any atom is 0.271 e. The number of carbonyl (C=O) groups is 1. The van der Waals surface area contributed by atoms with E-state index in [1.807, 2.05) is 48.5 Å². The smallest absolute Gasteiger partial charge is 0.271 e. The third-order valence-electron chi connectivity index (χ3n) is 6.82. The number of furan rings is 1. The SMILES string of the molecule is COc1cccc([C@H]2C(C(=O)Nc3ccccc3)=C(C)N=c3s/c(=C\c4ccc(-c5cccc(Cl)c5Cl)o4)c(=O)n32)c1. The first kappa shape index (κ1) is 27.8. The molecule has 0 unspecified atom stereocenters. The summed E-state index contributed by atoms with van der Waals surface area (Å²) in [7, 11) is 1.57. The molecule has 0 saturated carbocycles. The van der Waals surface area contributed by atoms with Crippen LogP contribution < -0.4 is 24.9 Å². The van der Waals surface area contributed by atoms with E-state index in [2.05, 4.69) is 5.32 Å². The molecule has 0 radical (unpaired) electrons. The van der Waals surface area contributed by atoms with Crippen molar-refractivity contribution in [1.82, 2.24) is 4.57 Å². The van der Waals surface area contributed by atoms with Crippen molar-refractivity contribution in [3.63, 3.8) is 0 Å². The number of thiazole rings is 1. The third kappa shape index (κ3) is 5.20. The number of hydrogen-bond donors (Lipinski definition) is 1. The average Bonchev–Trinajstić information content (AvgIpc) is 3.58. The van der Waals surface area contributed by atoms with E-state index in [-0.39, 0.29) is 11.5 Å². The number of rotatable bonds is 6. The molecule has 1 amide bonds. The fourth-order valence-electron chi connectivity index (χ4n) is 4.86. The summed E-state index contributed by atoms with van der Waals surface area (Å²) in [4.78, 5) is 32.9. The molecule has 3 heterocycles. The Morgan fingerprint density at radius 3 is 2.62 bits per heavy atom. The summed E-state index contributed by atoms with van der Waals surface area (Å²) in [5, 5.41) is 3.75. The zero-order valence-corrected chi connectivity index (χ0v) is 24.8. The van der Waals surface area contributed by atoms with Gasteiger partial charge in [0.05, 0.1) is 39.0 Å². The predicted molar refractivity (Wildman–Crippen MR) is 166 cm³/mol. The number of benzene rings is 3. The van der Waals surface area contributed by atoms with Crippen LogP contribution in [0.2, 0.25) is 10.0 Å². The number of halogens is 2. The van der Waals surface area contributed by atoms with Crippen LogP contribution in [0.1, 0.15) is 24.3 Å². The van der Waals surface area contributed by atoms with Gasteiger partial charge in [0.1, 0.15) is 17.3 Å². The van der Waals surface area contributed by atoms with Crippen LogP contribution in [0.4, 0.5) is 5.69 Å². The zero-order chi connectivity index (χ0) is 29.4. The summed E-state index contributed by atoms with van der Waals surface area (Å²) in [5.41, 5.74) is 2.57. The van der Waals surface area contributed by atoms with Gasteiger partial charge in [-0.3, -0.25) is 14.2 Å². The molecule has 210 valence electrons. The number of aromatic nitrogens is 1. The van der Waals surface area contributed by atoms with Gasteiger partial charge in [-0.15, -0.1) is 0 Å². The van der Waals surface area contributed by atoms with Gasteiger partial charge >= 0.3 is 0 Å². The lowest BCUT2D eigenvalue weighted by Crippen LogP contribution is -2.40. The Morgan fingerprint density at radius 1 is 1.05 bits per heavy atom. The van der Waals surface area contributed by atoms with E-state index in [0.717, 1.165) is 0 Å². The minimum Gasteiger partial charge on any atom is -0.497 e. The Hall–Kier alpha value is -4.37. The molecule has 5 aromatic rings. The number of methoxy groups -OCH3 is 1. The highest BCUT2D eigenvalue weighted by Crippen LogP contribution is 2.35. The van der Waals surface area contributed by atoms with Gasteiger partial charge in [0.2, 0.25) is 0 Å². The molecule has 42 heavy (non-hydrogen) atoms. The van der Waals surface area contributed by atoms with Crippen molar-refractivity contribution in [2.45, 2.75) is 13.0 Å². The molecule has 1 aliphatic heterocycles. The van der Waals surface area contributed by atoms with Gasteiger partial charge in [0.25, 0.3) is 11.5 Å². The van der Waals surface area contributed by atoms with Crippen molar-refractivity contribution in [1.29, 1.82) is 0 Å². The standard InChI is InChI=1S/C32H23Cl2N3O4S/c1-18-27(30(38)36-20-9-4-3-5-10-20)29(19-8-6-11-21(16-19)40-2)37-31(39)26(42-32(37)35-18)17-22-14-15-25(41-22)23-12-7-13-24(33)28(23)34/h3-17,29H,1-2H3,(H,36,38)/b26-17-/t29-/m0/s1. The lowest BCUT2D eigenvalue weighted by molar-refractivity contribution is -0.113. The summed E-state index contributed by atoms with van der Waals surface area (Å²) < 4.78 is 13.4. The van der Waals surface area contributed by atoms with E-state index in [0.29, 0.717) is 64.7 Å². The van der Waals surface area contributed by atoms with Crippen LogP contribution in [-0.2, 0) is 4.79 Å². The molecule has 0 saturated heterocycles. The molecule has 0 bridgehead atoms. The van der Waals surface area contributed by atoms with Crippen molar-refractivity contribution < 1.29 is 13.9 Å². The highest BCUT2D eigenvalue weighted by Gasteiger charge is 2.33. The second-order valence-electron chi connectivity index (χ2n) is 9.48. The van der Waals surface area contributed by atoms with Gasteiger partial charge in [-0.2, -0.15) is 0 Å². The van der Waals surface area contributed by atoms with Crippen LogP contribution in [0.15, 0.2) is 110 Å². The average molecular weight is 617 g/mol. The van der Waals surface area contributed by atoms with E-state index in [1.54, 1.807) is 61.1 Å². The number of ether oxygens (including phenoxy) is 1. The molecular formula is C32H23Cl2N3O4S. The van der Waals surface area contributed by atoms with E-state index >= 15 is 0 Å². The van der Waals surface area contributed by atoms with Crippen LogP contribution >= 0.6 is 34.5 Å². The van der Waals surface area contributed by atoms with Crippen molar-refractivity contribution in [3.05, 3.63) is 137 Å². The molecule has 0 aliphatic carbocycles. The zero-order valence-electron chi connectivity index (χ0n) is 22.4. The van der Waals surface area contributed by atoms with Gasteiger partial charge in [-0.25, -0.2) is 4.99 Å². The molecular weight excluding hydrogens is 593 g/mol. The predicted octanol–water partition coefficient (Wildman–Crippen LogP) is 6.45. The molecule has 1 atom stereocenters. The van der Waals surface area contributed by atoms with Gasteiger partial charge in [0.15, 0.2) is 4.80 Å². The number of carbonyl (C=O) groups excluding carboxylic acids is 1. The fourth-order valence-corrected chi connectivity index (χ4v) is 6.28. The van der Waals surface area contributed by atoms with Crippen LogP contribution in [0.3, 0.4) is 0 Å². The summed E-state index contributed by atoms with van der Waals surface area (Å²) >= 11 is 13.8. The summed E-state index contributed by atoms with van der Waals surface area (Å²) in [5.74, 6) is 1.24. The summed E-state index contributed by atoms with van der Waals surface area (Å²) in [6, 6.07) is 24.6. The van der Waals surface area contributed by atoms with Gasteiger partial charge < -0.3 is 14.5 Å². The Bertz CT molecular complexity index is 2040. The maximum absolute atomic E-state index is 14.0. The molecule has 0 spiro atoms. The first-order chi connectivity index (χ1) is 20.3. The minimum atomic E-state index is -0.736. The second-order valence-corrected chi connectivity index (χ2v) is 11.3. The fraction of sp³-hybridized carbons (Fsp3) is 0.0938. The van der Waals surface area contributed by atoms with Crippen LogP contribution in [0, 0.1) is 0 Å². The number of hydrogen-bond acceptors (Lipinski definition) is 6. The number of nitrogens with zero attached hydrogens (tertiary/aromatic N) is 2. The Labute approximate surface area is 254 Å². The van der Waals surface area contributed by atoms with Crippen molar-refractivity contribution >= 4 is 52.2 Å². The molecule has 1 N–H and O–H groups in total. The summed E-state index contributed by atoms with van der Waals surface area (Å²) in [6.07, 6.45) is 1.66. The van der Waals surface area contributed by atoms with Crippen LogP contribution in [0.5, 0.6) is 5.75 Å². The lowest BCUT2D eigenvalue weighted by Gasteiger charge is -2.25. The van der Waals surface area contributed by atoms with E-state index in [1.165, 1.54) is 11.3 Å². The molecule has 0 fully saturated rings. The first-order valence-electron chi connectivity index (χ1n) is 12.9. The molecule has 7 nitrogen and oxygen atoms in total. The Balaban J connectivity index is 1.47. The molecule has 6 rings (SSSR count). The molecule has 1 aliphatic rings. The number of allylic oxidation sites excluding steroid dienone is 1. The number of fused-ring (bicyclic) bond motifs is 1. The molecule has 2 aromatic heterocycles. The number of nitrogens with one attached hydrogen (secondary N) is 1. The summed E-state index contributed by atoms with van der Waals surface area (Å²) in [6.45, 7) is 1.78. The topological polar surface area (TPSA) is 85.8 Å². The number of amides is 1. The number of anilines is 1. The lowest BCUT2D eigenvalue weighted by atomic mass is 9.95. The van der Waals surface area contributed by atoms with Crippen LogP contribution in [-0.4, -0.2) is 17.6 Å². The minimum absolute atomic E-state index is 0.303. The Morgan fingerprint density at radius 2 is 1.83 bits per heavy atom. The van der Waals surface area contributed by atoms with Crippen molar-refractivity contribution in [3.8, 4) is 17.1 Å². The third-order valence-corrected chi connectivity index (χ3v) is 8.63. The number of para-hydroxylation sites is 1. The van der Waals surface area contributed by atoms with Crippen molar-refractivity contribution in [2.75, 3.05) is 12.4 Å². The Kier molecular flexibility index (Phi) is 7.60. The monoisotopic (exact) mass is 615 g/mol. The molecule has 10 heteroatoms. The van der Waals surface area contributed by atoms with Crippen LogP contribution in [0.25, 0.3) is 17.4 Å². The van der Waals surface area contributed by atoms with Gasteiger partial charge in [-0.1, -0.05) is 70.9 Å². The molecule has 3 aromatic carbocycles. The van der Waals surface area contributed by atoms with E-state index in [9.17, 15) is 9.59 Å². The van der Waals surface area contributed by atoms with E-state index < -0.39 is 6.04 Å². The quantitative estimate of drug-likeness (QED) is 0.238. The van der Waals surface area contributed by atoms with E-state index in [4.69, 9.17) is 37.3 Å². The van der Waals surface area contributed by atoms with Crippen molar-refractivity contribution in [2.24, 2.45) is 4.99 Å². The maximum atomic E-state index is 14.0. The first-order valence-corrected chi connectivity index (χ1v) is 14.5.